The Labute approximate surface area is 115 Å². The summed E-state index contributed by atoms with van der Waals surface area (Å²) in [7, 11) is 0. The van der Waals surface area contributed by atoms with Gasteiger partial charge in [0, 0.05) is 10.8 Å². The summed E-state index contributed by atoms with van der Waals surface area (Å²) >= 11 is 2.08. The lowest BCUT2D eigenvalue weighted by Gasteiger charge is -2.27. The molecule has 17 heavy (non-hydrogen) atoms. The molecule has 0 bridgehead atoms. The number of aliphatic hydroxyl groups excluding tert-OH is 1. The summed E-state index contributed by atoms with van der Waals surface area (Å²) in [4.78, 5) is 13.3. The van der Waals surface area contributed by atoms with Crippen LogP contribution in [0.4, 0.5) is 4.79 Å². The third-order valence-electron chi connectivity index (χ3n) is 2.61. The first-order valence-corrected chi connectivity index (χ1v) is 7.12. The maximum absolute atomic E-state index is 11.9. The van der Waals surface area contributed by atoms with Gasteiger partial charge >= 0.3 is 6.09 Å². The maximum atomic E-state index is 11.9. The van der Waals surface area contributed by atoms with E-state index in [1.165, 1.54) is 4.90 Å². The minimum absolute atomic E-state index is 0.155. The molecule has 6 heteroatoms. The second kappa shape index (κ2) is 5.27. The van der Waals surface area contributed by atoms with Crippen LogP contribution in [0.15, 0.2) is 0 Å². The Morgan fingerprint density at radius 3 is 2.59 bits per heavy atom. The van der Waals surface area contributed by atoms with Gasteiger partial charge in [0.15, 0.2) is 0 Å². The van der Waals surface area contributed by atoms with Crippen molar-refractivity contribution in [3.8, 4) is 0 Å². The second-order valence-electron chi connectivity index (χ2n) is 5.51. The van der Waals surface area contributed by atoms with Crippen LogP contribution in [-0.4, -0.2) is 56.0 Å². The maximum Gasteiger partial charge on any atom is 0.410 e. The van der Waals surface area contributed by atoms with Crippen LogP contribution in [0.3, 0.4) is 0 Å². The van der Waals surface area contributed by atoms with Gasteiger partial charge in [0.1, 0.15) is 5.60 Å². The van der Waals surface area contributed by atoms with E-state index in [1.54, 1.807) is 20.8 Å². The highest BCUT2D eigenvalue weighted by Crippen LogP contribution is 2.30. The minimum atomic E-state index is -0.912. The molecule has 0 radical (unpaired) electrons. The van der Waals surface area contributed by atoms with Gasteiger partial charge in [-0.3, -0.25) is 4.90 Å². The zero-order valence-electron chi connectivity index (χ0n) is 10.4. The first kappa shape index (κ1) is 15.0. The molecule has 100 valence electrons. The molecule has 5 nitrogen and oxygen atoms in total. The molecule has 1 heterocycles. The third kappa shape index (κ3) is 3.96. The number of rotatable bonds is 2. The van der Waals surface area contributed by atoms with Crippen molar-refractivity contribution in [3.63, 3.8) is 0 Å². The quantitative estimate of drug-likeness (QED) is 0.575. The fourth-order valence-electron chi connectivity index (χ4n) is 1.85. The molecule has 1 aliphatic heterocycles. The molecular weight excluding hydrogens is 337 g/mol. The number of β-amino-alcohol motifs (C(OH)–C–C–N with tert-alkyl or cyclic N) is 1. The molecule has 0 aromatic carbocycles. The van der Waals surface area contributed by atoms with E-state index in [0.29, 0.717) is 10.8 Å². The molecule has 0 spiro atoms. The van der Waals surface area contributed by atoms with Crippen LogP contribution in [0.2, 0.25) is 0 Å². The van der Waals surface area contributed by atoms with Crippen molar-refractivity contribution >= 4 is 28.7 Å². The first-order valence-electron chi connectivity index (χ1n) is 5.59. The van der Waals surface area contributed by atoms with Gasteiger partial charge in [0.2, 0.25) is 0 Å². The Bertz CT molecular complexity index is 292. The number of hydrogen-bond donors (Lipinski definition) is 2. The lowest BCUT2D eigenvalue weighted by Crippen LogP contribution is -2.42. The highest BCUT2D eigenvalue weighted by atomic mass is 127. The van der Waals surface area contributed by atoms with Gasteiger partial charge in [0.05, 0.1) is 24.8 Å². The molecule has 1 aliphatic rings. The number of carbonyl (C=O) groups is 1. The number of ether oxygens (including phenoxy) is 1. The number of aliphatic hydroxyl groups is 2. The monoisotopic (exact) mass is 357 g/mol. The summed E-state index contributed by atoms with van der Waals surface area (Å²) in [6.07, 6.45) is -0.0802. The number of likely N-dealkylation sites (tertiary alicyclic amines) is 1. The van der Waals surface area contributed by atoms with Crippen LogP contribution >= 0.6 is 22.6 Å². The third-order valence-corrected chi connectivity index (χ3v) is 4.03. The smallest absolute Gasteiger partial charge is 0.410 e. The number of alkyl halides is 1. The summed E-state index contributed by atoms with van der Waals surface area (Å²) < 4.78 is 5.78. The Morgan fingerprint density at radius 1 is 1.59 bits per heavy atom. The van der Waals surface area contributed by atoms with Crippen LogP contribution in [-0.2, 0) is 4.74 Å². The Kier molecular flexibility index (Phi) is 4.65. The first-order chi connectivity index (χ1) is 7.71. The molecular formula is C11H20INO4. The Hall–Kier alpha value is -0.0800. The van der Waals surface area contributed by atoms with E-state index in [-0.39, 0.29) is 19.2 Å². The summed E-state index contributed by atoms with van der Waals surface area (Å²) in [5.74, 6) is 0. The fourth-order valence-corrected chi connectivity index (χ4v) is 2.41. The average molecular weight is 357 g/mol. The minimum Gasteiger partial charge on any atom is -0.444 e. The van der Waals surface area contributed by atoms with Gasteiger partial charge in [-0.15, -0.1) is 0 Å². The predicted octanol–water partition coefficient (Wildman–Crippen LogP) is 1.15. The summed E-state index contributed by atoms with van der Waals surface area (Å²) in [6, 6.07) is -0.357. The zero-order valence-corrected chi connectivity index (χ0v) is 12.6. The molecule has 1 rings (SSSR count). The summed E-state index contributed by atoms with van der Waals surface area (Å²) in [5.41, 5.74) is -1.48. The van der Waals surface area contributed by atoms with Crippen molar-refractivity contribution in [1.29, 1.82) is 0 Å². The van der Waals surface area contributed by atoms with Crippen LogP contribution in [0, 0.1) is 0 Å². The summed E-state index contributed by atoms with van der Waals surface area (Å²) in [5, 5.41) is 19.4. The van der Waals surface area contributed by atoms with E-state index in [0.717, 1.165) is 0 Å². The molecule has 1 fully saturated rings. The van der Waals surface area contributed by atoms with Gasteiger partial charge in [-0.1, -0.05) is 22.6 Å². The van der Waals surface area contributed by atoms with E-state index in [2.05, 4.69) is 22.6 Å². The van der Waals surface area contributed by atoms with Crippen molar-refractivity contribution in [2.24, 2.45) is 0 Å². The van der Waals surface area contributed by atoms with Crippen LogP contribution in [0.25, 0.3) is 0 Å². The largest absolute Gasteiger partial charge is 0.444 e. The molecule has 2 atom stereocenters. The summed E-state index contributed by atoms with van der Waals surface area (Å²) in [6.45, 7) is 5.44. The lowest BCUT2D eigenvalue weighted by atomic mass is 10.0. The normalized spacial score (nSPS) is 29.5. The fraction of sp³-hybridized carbons (Fsp3) is 0.909. The number of hydrogen-bond acceptors (Lipinski definition) is 4. The molecule has 0 saturated carbocycles. The standard InChI is InChI=1S/C11H20INO4/c1-10(2,3)17-9(15)13-7-11(16,6-12)4-8(13)5-14/h8,14,16H,4-7H2,1-3H3/t8-,11+/m0/s1. The van der Waals surface area contributed by atoms with Gasteiger partial charge < -0.3 is 14.9 Å². The molecule has 2 N–H and O–H groups in total. The van der Waals surface area contributed by atoms with Gasteiger partial charge in [0.25, 0.3) is 0 Å². The lowest BCUT2D eigenvalue weighted by molar-refractivity contribution is 0.0129. The van der Waals surface area contributed by atoms with Crippen molar-refractivity contribution in [3.05, 3.63) is 0 Å². The molecule has 0 unspecified atom stereocenters. The van der Waals surface area contributed by atoms with Crippen LogP contribution < -0.4 is 0 Å². The average Bonchev–Trinajstić information content (AvgIpc) is 2.54. The van der Waals surface area contributed by atoms with Gasteiger partial charge in [-0.2, -0.15) is 0 Å². The SMILES string of the molecule is CC(C)(C)OC(=O)N1C[C@](O)(CI)C[C@H]1CO. The topological polar surface area (TPSA) is 70.0 Å². The van der Waals surface area contributed by atoms with Crippen molar-refractivity contribution < 1.29 is 19.7 Å². The number of carbonyl (C=O) groups excluding carboxylic acids is 1. The molecule has 1 saturated heterocycles. The number of nitrogens with zero attached hydrogens (tertiary/aromatic N) is 1. The van der Waals surface area contributed by atoms with Crippen LogP contribution in [0.1, 0.15) is 27.2 Å². The predicted molar refractivity (Wildman–Crippen MR) is 72.3 cm³/mol. The van der Waals surface area contributed by atoms with E-state index in [9.17, 15) is 15.0 Å². The van der Waals surface area contributed by atoms with E-state index >= 15 is 0 Å². The van der Waals surface area contributed by atoms with Crippen molar-refractivity contribution in [2.75, 3.05) is 17.6 Å². The molecule has 0 aromatic rings. The highest BCUT2D eigenvalue weighted by Gasteiger charge is 2.45. The zero-order chi connectivity index (χ0) is 13.3. The van der Waals surface area contributed by atoms with Gasteiger partial charge in [-0.25, -0.2) is 4.79 Å². The van der Waals surface area contributed by atoms with Crippen molar-refractivity contribution in [1.82, 2.24) is 4.90 Å². The number of amides is 1. The van der Waals surface area contributed by atoms with E-state index < -0.39 is 17.3 Å². The van der Waals surface area contributed by atoms with Crippen molar-refractivity contribution in [2.45, 2.75) is 44.4 Å². The molecule has 1 amide bonds. The second-order valence-corrected chi connectivity index (χ2v) is 6.27. The molecule has 0 aromatic heterocycles. The highest BCUT2D eigenvalue weighted by molar-refractivity contribution is 14.1. The van der Waals surface area contributed by atoms with E-state index in [1.807, 2.05) is 0 Å². The van der Waals surface area contributed by atoms with E-state index in [4.69, 9.17) is 4.74 Å². The number of halogens is 1. The Balaban J connectivity index is 2.73. The van der Waals surface area contributed by atoms with Crippen LogP contribution in [0.5, 0.6) is 0 Å². The molecule has 0 aliphatic carbocycles. The Morgan fingerprint density at radius 2 is 2.18 bits per heavy atom. The van der Waals surface area contributed by atoms with Gasteiger partial charge in [-0.05, 0) is 20.8 Å².